The van der Waals surface area contributed by atoms with Crippen molar-refractivity contribution in [2.75, 3.05) is 4.90 Å². The summed E-state index contributed by atoms with van der Waals surface area (Å²) in [4.78, 5) is 27.0. The number of thiophene rings is 1. The summed E-state index contributed by atoms with van der Waals surface area (Å²) in [6.45, 7) is 0.449. The van der Waals surface area contributed by atoms with Gasteiger partial charge in [0.25, 0.3) is 11.8 Å². The Morgan fingerprint density at radius 2 is 1.83 bits per heavy atom. The monoisotopic (exact) mass is 411 g/mol. The second-order valence-corrected chi connectivity index (χ2v) is 7.80. The second-order valence-electron chi connectivity index (χ2n) is 7.02. The minimum absolute atomic E-state index is 0.00591. The normalized spacial score (nSPS) is 12.8. The summed E-state index contributed by atoms with van der Waals surface area (Å²) < 4.78 is 0. The molecule has 1 aliphatic rings. The molecule has 1 aliphatic heterocycles. The van der Waals surface area contributed by atoms with Crippen LogP contribution in [-0.2, 0) is 6.54 Å². The van der Waals surface area contributed by atoms with Crippen LogP contribution in [-0.4, -0.2) is 18.0 Å². The van der Waals surface area contributed by atoms with Crippen molar-refractivity contribution >= 4 is 45.8 Å². The molecule has 0 radical (unpaired) electrons. The first-order valence-corrected chi connectivity index (χ1v) is 10.4. The minimum Gasteiger partial charge on any atom is -0.303 e. The van der Waals surface area contributed by atoms with Crippen LogP contribution in [0.25, 0.3) is 10.8 Å². The second kappa shape index (κ2) is 7.57. The fraction of sp³-hybridized carbons (Fsp3) is 0.0417. The molecule has 30 heavy (non-hydrogen) atoms. The fourth-order valence-electron chi connectivity index (χ4n) is 3.66. The molecule has 1 aromatic heterocycles. The first kappa shape index (κ1) is 18.3. The Labute approximate surface area is 177 Å². The predicted octanol–water partition coefficient (Wildman–Crippen LogP) is 4.83. The van der Waals surface area contributed by atoms with E-state index in [2.05, 4.69) is 10.5 Å². The van der Waals surface area contributed by atoms with Gasteiger partial charge in [0.1, 0.15) is 0 Å². The van der Waals surface area contributed by atoms with E-state index in [4.69, 9.17) is 0 Å². The van der Waals surface area contributed by atoms with Gasteiger partial charge in [-0.15, -0.1) is 0 Å². The smallest absolute Gasteiger partial charge is 0.271 e. The number of hydrogen-bond acceptors (Lipinski definition) is 4. The van der Waals surface area contributed by atoms with E-state index < -0.39 is 0 Å². The van der Waals surface area contributed by atoms with Crippen molar-refractivity contribution in [3.63, 3.8) is 0 Å². The Kier molecular flexibility index (Phi) is 4.61. The average molecular weight is 411 g/mol. The number of anilines is 1. The minimum atomic E-state index is -0.276. The summed E-state index contributed by atoms with van der Waals surface area (Å²) >= 11 is 1.57. The molecule has 3 aromatic carbocycles. The Hall–Kier alpha value is -3.77. The Balaban J connectivity index is 1.31. The molecular formula is C24H17N3O2S. The average Bonchev–Trinajstić information content (AvgIpc) is 3.38. The number of hydrogen-bond donors (Lipinski definition) is 1. The van der Waals surface area contributed by atoms with Crippen molar-refractivity contribution in [2.24, 2.45) is 5.10 Å². The third-order valence-electron chi connectivity index (χ3n) is 5.13. The largest absolute Gasteiger partial charge is 0.303 e. The van der Waals surface area contributed by atoms with Gasteiger partial charge in [-0.3, -0.25) is 9.59 Å². The van der Waals surface area contributed by atoms with Crippen LogP contribution in [0.1, 0.15) is 31.8 Å². The van der Waals surface area contributed by atoms with Gasteiger partial charge in [0.05, 0.1) is 18.4 Å². The standard InChI is InChI=1S/C24H17N3O2S/c28-23(26-25-13-17-11-12-30-15-17)19-9-7-16(8-10-19)14-27-21-6-2-4-18-3-1-5-20(22(18)21)24(27)29/h1-13,15H,14H2,(H,26,28)/b25-13-. The Morgan fingerprint density at radius 1 is 1.03 bits per heavy atom. The summed E-state index contributed by atoms with van der Waals surface area (Å²) in [5, 5.41) is 9.95. The van der Waals surface area contributed by atoms with Crippen LogP contribution >= 0.6 is 11.3 Å². The van der Waals surface area contributed by atoms with Gasteiger partial charge < -0.3 is 4.90 Å². The molecule has 0 saturated carbocycles. The molecule has 5 nitrogen and oxygen atoms in total. The summed E-state index contributed by atoms with van der Waals surface area (Å²) in [6.07, 6.45) is 1.61. The van der Waals surface area contributed by atoms with Gasteiger partial charge in [0, 0.05) is 22.1 Å². The molecule has 146 valence electrons. The van der Waals surface area contributed by atoms with Crippen LogP contribution in [0.4, 0.5) is 5.69 Å². The molecule has 4 aromatic rings. The number of benzene rings is 3. The zero-order chi connectivity index (χ0) is 20.5. The summed E-state index contributed by atoms with van der Waals surface area (Å²) in [5.74, 6) is -0.270. The molecule has 0 fully saturated rings. The topological polar surface area (TPSA) is 61.8 Å². The molecular weight excluding hydrogens is 394 g/mol. The predicted molar refractivity (Wildman–Crippen MR) is 120 cm³/mol. The number of carbonyl (C=O) groups excluding carboxylic acids is 2. The third-order valence-corrected chi connectivity index (χ3v) is 5.83. The maximum atomic E-state index is 12.9. The van der Waals surface area contributed by atoms with Crippen molar-refractivity contribution < 1.29 is 9.59 Å². The van der Waals surface area contributed by atoms with Crippen LogP contribution < -0.4 is 10.3 Å². The maximum absolute atomic E-state index is 12.9. The molecule has 1 N–H and O–H groups in total. The van der Waals surface area contributed by atoms with E-state index in [0.29, 0.717) is 12.1 Å². The zero-order valence-corrected chi connectivity index (χ0v) is 16.7. The lowest BCUT2D eigenvalue weighted by atomic mass is 10.1. The Bertz CT molecular complexity index is 1270. The number of carbonyl (C=O) groups is 2. The van der Waals surface area contributed by atoms with E-state index >= 15 is 0 Å². The van der Waals surface area contributed by atoms with Crippen LogP contribution in [0.3, 0.4) is 0 Å². The maximum Gasteiger partial charge on any atom is 0.271 e. The lowest BCUT2D eigenvalue weighted by molar-refractivity contribution is 0.0953. The van der Waals surface area contributed by atoms with Crippen molar-refractivity contribution in [1.82, 2.24) is 5.43 Å². The van der Waals surface area contributed by atoms with Crippen LogP contribution in [0, 0.1) is 0 Å². The molecule has 6 heteroatoms. The van der Waals surface area contributed by atoms with Crippen molar-refractivity contribution in [1.29, 1.82) is 0 Å². The van der Waals surface area contributed by atoms with Gasteiger partial charge in [-0.1, -0.05) is 36.4 Å². The molecule has 2 heterocycles. The van der Waals surface area contributed by atoms with Gasteiger partial charge in [0.2, 0.25) is 0 Å². The highest BCUT2D eigenvalue weighted by Crippen LogP contribution is 2.37. The number of hydrazone groups is 1. The lowest BCUT2D eigenvalue weighted by Crippen LogP contribution is -2.26. The molecule has 5 rings (SSSR count). The fourth-order valence-corrected chi connectivity index (χ4v) is 4.27. The summed E-state index contributed by atoms with van der Waals surface area (Å²) in [6, 6.07) is 20.9. The number of rotatable bonds is 5. The summed E-state index contributed by atoms with van der Waals surface area (Å²) in [7, 11) is 0. The van der Waals surface area contributed by atoms with E-state index in [0.717, 1.165) is 33.2 Å². The van der Waals surface area contributed by atoms with Crippen molar-refractivity contribution in [2.45, 2.75) is 6.54 Å². The van der Waals surface area contributed by atoms with Crippen LogP contribution in [0.5, 0.6) is 0 Å². The van der Waals surface area contributed by atoms with E-state index in [9.17, 15) is 9.59 Å². The van der Waals surface area contributed by atoms with E-state index in [1.165, 1.54) is 0 Å². The van der Waals surface area contributed by atoms with Crippen molar-refractivity contribution in [3.05, 3.63) is 99.7 Å². The number of nitrogens with zero attached hydrogens (tertiary/aromatic N) is 2. The highest BCUT2D eigenvalue weighted by atomic mass is 32.1. The molecule has 2 amide bonds. The van der Waals surface area contributed by atoms with E-state index in [1.807, 2.05) is 65.4 Å². The highest BCUT2D eigenvalue weighted by Gasteiger charge is 2.29. The van der Waals surface area contributed by atoms with Gasteiger partial charge in [-0.05, 0) is 52.0 Å². The first-order valence-electron chi connectivity index (χ1n) is 9.49. The number of nitrogens with one attached hydrogen (secondary N) is 1. The van der Waals surface area contributed by atoms with Crippen LogP contribution in [0.2, 0.25) is 0 Å². The van der Waals surface area contributed by atoms with Gasteiger partial charge in [-0.25, -0.2) is 5.43 Å². The molecule has 0 spiro atoms. The highest BCUT2D eigenvalue weighted by molar-refractivity contribution is 7.08. The molecule has 0 unspecified atom stereocenters. The lowest BCUT2D eigenvalue weighted by Gasteiger charge is -2.18. The molecule has 0 aliphatic carbocycles. The van der Waals surface area contributed by atoms with E-state index in [-0.39, 0.29) is 11.8 Å². The van der Waals surface area contributed by atoms with Crippen molar-refractivity contribution in [3.8, 4) is 0 Å². The van der Waals surface area contributed by atoms with E-state index in [1.54, 1.807) is 34.6 Å². The van der Waals surface area contributed by atoms with Gasteiger partial charge >= 0.3 is 0 Å². The molecule has 0 saturated heterocycles. The zero-order valence-electron chi connectivity index (χ0n) is 15.9. The SMILES string of the molecule is O=C(N/N=C\c1ccsc1)c1ccc(CN2C(=O)c3cccc4cccc2c34)cc1. The third kappa shape index (κ3) is 3.27. The molecule has 0 atom stereocenters. The first-order chi connectivity index (χ1) is 14.7. The Morgan fingerprint density at radius 3 is 2.60 bits per heavy atom. The number of amides is 2. The van der Waals surface area contributed by atoms with Crippen LogP contribution in [0.15, 0.2) is 82.6 Å². The summed E-state index contributed by atoms with van der Waals surface area (Å²) in [5.41, 5.74) is 6.61. The quantitative estimate of drug-likeness (QED) is 0.378. The van der Waals surface area contributed by atoms with Gasteiger partial charge in [-0.2, -0.15) is 16.4 Å². The molecule has 0 bridgehead atoms. The van der Waals surface area contributed by atoms with Gasteiger partial charge in [0.15, 0.2) is 0 Å².